The maximum atomic E-state index is 13.8. The third-order valence-corrected chi connectivity index (χ3v) is 5.50. The summed E-state index contributed by atoms with van der Waals surface area (Å²) in [5, 5.41) is 2.53. The van der Waals surface area contributed by atoms with Gasteiger partial charge in [0.05, 0.1) is 16.8 Å². The van der Waals surface area contributed by atoms with Crippen LogP contribution in [0.4, 0.5) is 27.1 Å². The van der Waals surface area contributed by atoms with Crippen molar-refractivity contribution in [2.24, 2.45) is 0 Å². The minimum absolute atomic E-state index is 0.0201. The summed E-state index contributed by atoms with van der Waals surface area (Å²) in [6.07, 6.45) is -4.29. The van der Waals surface area contributed by atoms with E-state index in [0.29, 0.717) is 0 Å². The van der Waals surface area contributed by atoms with Crippen LogP contribution in [0.25, 0.3) is 0 Å². The Balaban J connectivity index is 1.85. The zero-order chi connectivity index (χ0) is 17.5. The van der Waals surface area contributed by atoms with Crippen molar-refractivity contribution in [3.05, 3.63) is 45.5 Å². The molecule has 1 N–H and O–H groups in total. The monoisotopic (exact) mass is 380 g/mol. The van der Waals surface area contributed by atoms with Crippen LogP contribution < -0.4 is 5.32 Å². The second-order valence-electron chi connectivity index (χ2n) is 4.96. The lowest BCUT2D eigenvalue weighted by Gasteiger charge is -2.10. The van der Waals surface area contributed by atoms with Gasteiger partial charge in [0.25, 0.3) is 5.91 Å². The third kappa shape index (κ3) is 3.39. The molecule has 0 aliphatic carbocycles. The zero-order valence-corrected chi connectivity index (χ0v) is 13.5. The van der Waals surface area contributed by atoms with Crippen LogP contribution in [0.1, 0.15) is 26.5 Å². The maximum Gasteiger partial charge on any atom is 0.419 e. The summed E-state index contributed by atoms with van der Waals surface area (Å²) in [7, 11) is 0. The standard InChI is InChI=1S/C14H9F5N2OS2/c15-8-4-7(14(17,18)19)9(16)3-6(8)12(22)21-13-20-10-1-2-23-5-11(10)24-13/h3-4H,1-2,5H2,(H,20,21,22). The van der Waals surface area contributed by atoms with E-state index in [9.17, 15) is 26.7 Å². The Labute approximate surface area is 141 Å². The Bertz CT molecular complexity index is 780. The third-order valence-electron chi connectivity index (χ3n) is 3.32. The highest BCUT2D eigenvalue weighted by Gasteiger charge is 2.35. The van der Waals surface area contributed by atoms with Crippen LogP contribution in [0.5, 0.6) is 0 Å². The number of carbonyl (C=O) groups excluding carboxylic acids is 1. The number of carbonyl (C=O) groups is 1. The molecule has 1 amide bonds. The first-order valence-corrected chi connectivity index (χ1v) is 8.66. The molecule has 2 aromatic rings. The highest BCUT2D eigenvalue weighted by Crippen LogP contribution is 2.34. The number of anilines is 1. The Kier molecular flexibility index (Phi) is 4.52. The van der Waals surface area contributed by atoms with E-state index >= 15 is 0 Å². The first-order valence-electron chi connectivity index (χ1n) is 6.69. The van der Waals surface area contributed by atoms with Gasteiger partial charge >= 0.3 is 6.18 Å². The van der Waals surface area contributed by atoms with Crippen molar-refractivity contribution in [3.8, 4) is 0 Å². The number of nitrogens with one attached hydrogen (secondary N) is 1. The average Bonchev–Trinajstić information content (AvgIpc) is 2.90. The molecule has 24 heavy (non-hydrogen) atoms. The molecule has 2 heterocycles. The topological polar surface area (TPSA) is 42.0 Å². The van der Waals surface area contributed by atoms with Crippen LogP contribution in [0.3, 0.4) is 0 Å². The van der Waals surface area contributed by atoms with E-state index < -0.39 is 34.8 Å². The second-order valence-corrected chi connectivity index (χ2v) is 7.14. The van der Waals surface area contributed by atoms with E-state index in [1.807, 2.05) is 0 Å². The number of benzene rings is 1. The number of fused-ring (bicyclic) bond motifs is 1. The van der Waals surface area contributed by atoms with Crippen LogP contribution in [0.15, 0.2) is 12.1 Å². The summed E-state index contributed by atoms with van der Waals surface area (Å²) in [5.41, 5.74) is -1.71. The van der Waals surface area contributed by atoms with Gasteiger partial charge in [-0.05, 0) is 24.3 Å². The Morgan fingerprint density at radius 3 is 2.62 bits per heavy atom. The fourth-order valence-corrected chi connectivity index (χ4v) is 4.30. The van der Waals surface area contributed by atoms with Crippen LogP contribution in [-0.4, -0.2) is 16.6 Å². The fourth-order valence-electron chi connectivity index (χ4n) is 2.18. The predicted octanol–water partition coefficient (Wildman–Crippen LogP) is 4.48. The number of hydrogen-bond acceptors (Lipinski definition) is 4. The van der Waals surface area contributed by atoms with Crippen molar-refractivity contribution in [2.75, 3.05) is 11.1 Å². The number of nitrogens with zero attached hydrogens (tertiary/aromatic N) is 1. The number of thiazole rings is 1. The lowest BCUT2D eigenvalue weighted by molar-refractivity contribution is -0.140. The normalized spacial score (nSPS) is 14.4. The summed E-state index contributed by atoms with van der Waals surface area (Å²) in [5.74, 6) is -2.53. The van der Waals surface area contributed by atoms with Gasteiger partial charge in [-0.1, -0.05) is 0 Å². The minimum Gasteiger partial charge on any atom is -0.298 e. The molecule has 0 saturated carbocycles. The molecule has 0 bridgehead atoms. The molecule has 0 atom stereocenters. The van der Waals surface area contributed by atoms with Crippen molar-refractivity contribution in [1.29, 1.82) is 0 Å². The highest BCUT2D eigenvalue weighted by molar-refractivity contribution is 7.98. The summed E-state index contributed by atoms with van der Waals surface area (Å²) in [6, 6.07) is 0.227. The van der Waals surface area contributed by atoms with E-state index in [1.54, 1.807) is 11.8 Å². The number of amides is 1. The van der Waals surface area contributed by atoms with Crippen LogP contribution in [-0.2, 0) is 18.3 Å². The van der Waals surface area contributed by atoms with Gasteiger partial charge < -0.3 is 0 Å². The lowest BCUT2D eigenvalue weighted by Crippen LogP contribution is -2.17. The van der Waals surface area contributed by atoms with Gasteiger partial charge in [-0.2, -0.15) is 24.9 Å². The van der Waals surface area contributed by atoms with Gasteiger partial charge in [0.15, 0.2) is 5.13 Å². The number of hydrogen-bond donors (Lipinski definition) is 1. The number of rotatable bonds is 2. The number of thioether (sulfide) groups is 1. The fraction of sp³-hybridized carbons (Fsp3) is 0.286. The molecule has 1 aromatic heterocycles. The quantitative estimate of drug-likeness (QED) is 0.781. The van der Waals surface area contributed by atoms with Crippen molar-refractivity contribution in [1.82, 2.24) is 4.98 Å². The Hall–Kier alpha value is -1.68. The van der Waals surface area contributed by atoms with E-state index in [2.05, 4.69) is 10.3 Å². The Morgan fingerprint density at radius 2 is 1.96 bits per heavy atom. The summed E-state index contributed by atoms with van der Waals surface area (Å²) in [4.78, 5) is 17.2. The molecule has 0 fully saturated rings. The number of alkyl halides is 3. The smallest absolute Gasteiger partial charge is 0.298 e. The molecule has 128 valence electrons. The second kappa shape index (κ2) is 6.32. The van der Waals surface area contributed by atoms with Crippen LogP contribution in [0, 0.1) is 11.6 Å². The first kappa shape index (κ1) is 17.2. The summed E-state index contributed by atoms with van der Waals surface area (Å²) in [6.45, 7) is 0. The largest absolute Gasteiger partial charge is 0.419 e. The molecule has 0 spiro atoms. The van der Waals surface area contributed by atoms with Gasteiger partial charge in [-0.3, -0.25) is 10.1 Å². The molecule has 3 rings (SSSR count). The lowest BCUT2D eigenvalue weighted by atomic mass is 10.1. The van der Waals surface area contributed by atoms with Crippen molar-refractivity contribution < 1.29 is 26.7 Å². The molecule has 1 aromatic carbocycles. The van der Waals surface area contributed by atoms with E-state index in [1.165, 1.54) is 11.3 Å². The molecule has 0 radical (unpaired) electrons. The highest BCUT2D eigenvalue weighted by atomic mass is 32.2. The van der Waals surface area contributed by atoms with Gasteiger partial charge in [0.2, 0.25) is 0 Å². The van der Waals surface area contributed by atoms with Gasteiger partial charge in [0, 0.05) is 10.6 Å². The van der Waals surface area contributed by atoms with E-state index in [4.69, 9.17) is 0 Å². The van der Waals surface area contributed by atoms with Crippen LogP contribution >= 0.6 is 23.1 Å². The van der Waals surface area contributed by atoms with Gasteiger partial charge in [-0.15, -0.1) is 11.3 Å². The van der Waals surface area contributed by atoms with E-state index in [-0.39, 0.29) is 17.3 Å². The molecule has 0 saturated heterocycles. The molecular formula is C14H9F5N2OS2. The molecule has 1 aliphatic heterocycles. The number of aromatic nitrogens is 1. The maximum absolute atomic E-state index is 13.8. The molecular weight excluding hydrogens is 371 g/mol. The summed E-state index contributed by atoms with van der Waals surface area (Å²) < 4.78 is 64.9. The SMILES string of the molecule is O=C(Nc1nc2c(s1)CSCC2)c1cc(F)c(C(F)(F)F)cc1F. The van der Waals surface area contributed by atoms with Crippen LogP contribution in [0.2, 0.25) is 0 Å². The van der Waals surface area contributed by atoms with Crippen molar-refractivity contribution >= 4 is 34.1 Å². The average molecular weight is 380 g/mol. The van der Waals surface area contributed by atoms with Gasteiger partial charge in [0.1, 0.15) is 11.6 Å². The zero-order valence-electron chi connectivity index (χ0n) is 11.8. The van der Waals surface area contributed by atoms with Crippen molar-refractivity contribution in [3.63, 3.8) is 0 Å². The molecule has 0 unspecified atom stereocenters. The number of halogens is 5. The number of aryl methyl sites for hydroxylation is 1. The molecule has 3 nitrogen and oxygen atoms in total. The van der Waals surface area contributed by atoms with Crippen molar-refractivity contribution in [2.45, 2.75) is 18.3 Å². The molecule has 10 heteroatoms. The molecule has 1 aliphatic rings. The minimum atomic E-state index is -5.04. The first-order chi connectivity index (χ1) is 11.3. The predicted molar refractivity (Wildman–Crippen MR) is 81.3 cm³/mol. The van der Waals surface area contributed by atoms with Gasteiger partial charge in [-0.25, -0.2) is 13.8 Å². The Morgan fingerprint density at radius 1 is 1.21 bits per heavy atom. The summed E-state index contributed by atoms with van der Waals surface area (Å²) >= 11 is 2.93. The van der Waals surface area contributed by atoms with E-state index in [0.717, 1.165) is 28.5 Å².